The number of hydrogen-bond acceptors (Lipinski definition) is 6. The third-order valence-corrected chi connectivity index (χ3v) is 5.32. The van der Waals surface area contributed by atoms with Crippen LogP contribution in [0.15, 0.2) is 53.3 Å². The lowest BCUT2D eigenvalue weighted by Gasteiger charge is -2.16. The van der Waals surface area contributed by atoms with Crippen LogP contribution in [0.5, 0.6) is 5.75 Å². The number of aryl methyl sites for hydroxylation is 2. The second-order valence-corrected chi connectivity index (χ2v) is 7.77. The number of halogens is 1. The summed E-state index contributed by atoms with van der Waals surface area (Å²) in [6.07, 6.45) is -0.602. The number of amides is 1. The van der Waals surface area contributed by atoms with Crippen molar-refractivity contribution in [3.05, 3.63) is 92.6 Å². The van der Waals surface area contributed by atoms with Crippen LogP contribution in [0, 0.1) is 19.7 Å². The molecule has 0 fully saturated rings. The maximum Gasteiger partial charge on any atom is 0.407 e. The molecule has 1 amide bonds. The first kappa shape index (κ1) is 25.5. The van der Waals surface area contributed by atoms with Gasteiger partial charge in [0, 0.05) is 24.4 Å². The van der Waals surface area contributed by atoms with Crippen molar-refractivity contribution in [3.63, 3.8) is 0 Å². The largest absolute Gasteiger partial charge is 0.489 e. The standard InChI is InChI=1S/C26H27FN2O6/c1-5-34-26(32)28-14-20-11-21(27)9-8-19(20)15-35-22-10-17(3)29(24(30)13-22)23-12-18(25(31)33-4)7-6-16(23)2/h6-13H,5,14-15H2,1-4H3,(H,28,32). The first-order valence-electron chi connectivity index (χ1n) is 11.0. The zero-order chi connectivity index (χ0) is 25.5. The molecule has 0 aliphatic rings. The van der Waals surface area contributed by atoms with Gasteiger partial charge < -0.3 is 19.5 Å². The second kappa shape index (κ2) is 11.3. The highest BCUT2D eigenvalue weighted by molar-refractivity contribution is 5.90. The van der Waals surface area contributed by atoms with Gasteiger partial charge in [-0.2, -0.15) is 0 Å². The van der Waals surface area contributed by atoms with E-state index < -0.39 is 17.9 Å². The lowest BCUT2D eigenvalue weighted by Crippen LogP contribution is -2.24. The molecule has 0 spiro atoms. The summed E-state index contributed by atoms with van der Waals surface area (Å²) in [4.78, 5) is 36.5. The first-order valence-corrected chi connectivity index (χ1v) is 11.0. The predicted octanol–water partition coefficient (Wildman–Crippen LogP) is 4.21. The van der Waals surface area contributed by atoms with Gasteiger partial charge in [-0.25, -0.2) is 14.0 Å². The van der Waals surface area contributed by atoms with Crippen molar-refractivity contribution in [2.24, 2.45) is 0 Å². The summed E-state index contributed by atoms with van der Waals surface area (Å²) in [5.74, 6) is -0.610. The zero-order valence-electron chi connectivity index (χ0n) is 20.0. The average molecular weight is 483 g/mol. The SMILES string of the molecule is CCOC(=O)NCc1cc(F)ccc1COc1cc(C)n(-c2cc(C(=O)OC)ccc2C)c(=O)c1. The summed E-state index contributed by atoms with van der Waals surface area (Å²) in [7, 11) is 1.30. The van der Waals surface area contributed by atoms with Crippen LogP contribution in [0.3, 0.4) is 0 Å². The fourth-order valence-electron chi connectivity index (χ4n) is 3.57. The second-order valence-electron chi connectivity index (χ2n) is 7.77. The molecule has 1 N–H and O–H groups in total. The maximum absolute atomic E-state index is 13.8. The minimum Gasteiger partial charge on any atom is -0.489 e. The number of hydrogen-bond donors (Lipinski definition) is 1. The number of esters is 1. The Balaban J connectivity index is 1.83. The molecule has 0 aliphatic heterocycles. The van der Waals surface area contributed by atoms with E-state index in [2.05, 4.69) is 5.32 Å². The third kappa shape index (κ3) is 6.26. The highest BCUT2D eigenvalue weighted by Gasteiger charge is 2.14. The Morgan fingerprint density at radius 1 is 1.03 bits per heavy atom. The fourth-order valence-corrected chi connectivity index (χ4v) is 3.57. The van der Waals surface area contributed by atoms with Crippen molar-refractivity contribution in [2.75, 3.05) is 13.7 Å². The molecule has 8 nitrogen and oxygen atoms in total. The Hall–Kier alpha value is -4.14. The van der Waals surface area contributed by atoms with Crippen molar-refractivity contribution in [3.8, 4) is 11.4 Å². The van der Waals surface area contributed by atoms with E-state index in [-0.39, 0.29) is 25.3 Å². The lowest BCUT2D eigenvalue weighted by atomic mass is 10.1. The van der Waals surface area contributed by atoms with E-state index in [4.69, 9.17) is 14.2 Å². The molecule has 1 heterocycles. The third-order valence-electron chi connectivity index (χ3n) is 5.32. The molecular weight excluding hydrogens is 455 g/mol. The molecule has 1 aromatic heterocycles. The maximum atomic E-state index is 13.8. The van der Waals surface area contributed by atoms with Crippen LogP contribution < -0.4 is 15.6 Å². The van der Waals surface area contributed by atoms with Crippen molar-refractivity contribution in [1.29, 1.82) is 0 Å². The smallest absolute Gasteiger partial charge is 0.407 e. The summed E-state index contributed by atoms with van der Waals surface area (Å²) >= 11 is 0. The Morgan fingerprint density at radius 3 is 2.49 bits per heavy atom. The van der Waals surface area contributed by atoms with Crippen molar-refractivity contribution in [2.45, 2.75) is 33.9 Å². The quantitative estimate of drug-likeness (QED) is 0.484. The first-order chi connectivity index (χ1) is 16.7. The molecular formula is C26H27FN2O6. The lowest BCUT2D eigenvalue weighted by molar-refractivity contribution is 0.0600. The van der Waals surface area contributed by atoms with Gasteiger partial charge in [-0.15, -0.1) is 0 Å². The number of nitrogens with zero attached hydrogens (tertiary/aromatic N) is 1. The molecule has 0 unspecified atom stereocenters. The number of aromatic nitrogens is 1. The van der Waals surface area contributed by atoms with E-state index in [1.54, 1.807) is 44.2 Å². The number of carbonyl (C=O) groups is 2. The van der Waals surface area contributed by atoms with Gasteiger partial charge in [0.15, 0.2) is 0 Å². The van der Waals surface area contributed by atoms with Crippen molar-refractivity contribution >= 4 is 12.1 Å². The topological polar surface area (TPSA) is 95.9 Å². The van der Waals surface area contributed by atoms with Crippen LogP contribution in [0.1, 0.15) is 39.7 Å². The predicted molar refractivity (Wildman–Crippen MR) is 127 cm³/mol. The highest BCUT2D eigenvalue weighted by atomic mass is 19.1. The Bertz CT molecular complexity index is 1300. The van der Waals surface area contributed by atoms with E-state index in [0.717, 1.165) is 5.56 Å². The van der Waals surface area contributed by atoms with Gasteiger partial charge in [-0.3, -0.25) is 9.36 Å². The Kier molecular flexibility index (Phi) is 8.25. The summed E-state index contributed by atoms with van der Waals surface area (Å²) in [6, 6.07) is 12.2. The molecule has 0 saturated heterocycles. The number of methoxy groups -OCH3 is 1. The Labute approximate surface area is 202 Å². The van der Waals surface area contributed by atoms with Crippen molar-refractivity contribution in [1.82, 2.24) is 9.88 Å². The summed E-state index contributed by atoms with van der Waals surface area (Å²) in [6.45, 7) is 5.63. The number of alkyl carbamates (subject to hydrolysis) is 1. The molecule has 9 heteroatoms. The van der Waals surface area contributed by atoms with Crippen LogP contribution in [-0.2, 0) is 22.6 Å². The van der Waals surface area contributed by atoms with Gasteiger partial charge in [0.25, 0.3) is 5.56 Å². The van der Waals surface area contributed by atoms with Gasteiger partial charge in [0.05, 0.1) is 25.0 Å². The van der Waals surface area contributed by atoms with E-state index >= 15 is 0 Å². The molecule has 3 aromatic rings. The van der Waals surface area contributed by atoms with Crippen LogP contribution in [0.4, 0.5) is 9.18 Å². The van der Waals surface area contributed by atoms with Gasteiger partial charge >= 0.3 is 12.1 Å². The van der Waals surface area contributed by atoms with E-state index in [9.17, 15) is 18.8 Å². The van der Waals surface area contributed by atoms with Crippen LogP contribution in [0.25, 0.3) is 5.69 Å². The van der Waals surface area contributed by atoms with Gasteiger partial charge in [-0.05, 0) is 61.7 Å². The summed E-state index contributed by atoms with van der Waals surface area (Å²) in [5.41, 5.74) is 3.13. The summed E-state index contributed by atoms with van der Waals surface area (Å²) in [5, 5.41) is 2.56. The molecule has 3 rings (SSSR count). The molecule has 0 bridgehead atoms. The molecule has 2 aromatic carbocycles. The number of rotatable bonds is 8. The summed E-state index contributed by atoms with van der Waals surface area (Å²) < 4.78 is 30.7. The number of ether oxygens (including phenoxy) is 3. The molecule has 0 radical (unpaired) electrons. The monoisotopic (exact) mass is 482 g/mol. The highest BCUT2D eigenvalue weighted by Crippen LogP contribution is 2.21. The Morgan fingerprint density at radius 2 is 1.80 bits per heavy atom. The molecule has 0 saturated carbocycles. The minimum absolute atomic E-state index is 0.0554. The van der Waals surface area contributed by atoms with Gasteiger partial charge in [-0.1, -0.05) is 12.1 Å². The van der Waals surface area contributed by atoms with Gasteiger partial charge in [0.2, 0.25) is 0 Å². The molecule has 0 atom stereocenters. The van der Waals surface area contributed by atoms with Crippen LogP contribution in [-0.4, -0.2) is 30.3 Å². The molecule has 35 heavy (non-hydrogen) atoms. The van der Waals surface area contributed by atoms with E-state index in [1.807, 2.05) is 6.92 Å². The number of pyridine rings is 1. The fraction of sp³-hybridized carbons (Fsp3) is 0.269. The van der Waals surface area contributed by atoms with Gasteiger partial charge in [0.1, 0.15) is 18.2 Å². The molecule has 0 aliphatic carbocycles. The van der Waals surface area contributed by atoms with Crippen LogP contribution in [0.2, 0.25) is 0 Å². The van der Waals surface area contributed by atoms with E-state index in [1.165, 1.54) is 29.9 Å². The zero-order valence-corrected chi connectivity index (χ0v) is 20.0. The molecule has 184 valence electrons. The average Bonchev–Trinajstić information content (AvgIpc) is 2.82. The van der Waals surface area contributed by atoms with E-state index in [0.29, 0.717) is 33.8 Å². The van der Waals surface area contributed by atoms with Crippen molar-refractivity contribution < 1.29 is 28.2 Å². The number of benzene rings is 2. The minimum atomic E-state index is -0.602. The number of carbonyl (C=O) groups excluding carboxylic acids is 2. The van der Waals surface area contributed by atoms with Crippen LogP contribution >= 0.6 is 0 Å². The number of nitrogens with one attached hydrogen (secondary N) is 1. The normalized spacial score (nSPS) is 10.5.